The van der Waals surface area contributed by atoms with Gasteiger partial charge in [-0.3, -0.25) is 9.59 Å². The zero-order chi connectivity index (χ0) is 11.4. The Morgan fingerprint density at radius 2 is 1.60 bits per heavy atom. The summed E-state index contributed by atoms with van der Waals surface area (Å²) in [5.74, 6) is -1.46. The number of amides is 2. The van der Waals surface area contributed by atoms with Gasteiger partial charge < -0.3 is 11.5 Å². The molecule has 1 rings (SSSR count). The second-order valence-corrected chi connectivity index (χ2v) is 2.69. The summed E-state index contributed by atoms with van der Waals surface area (Å²) in [4.78, 5) is 24.3. The van der Waals surface area contributed by atoms with Crippen LogP contribution in [-0.2, 0) is 0 Å². The van der Waals surface area contributed by atoms with Gasteiger partial charge in [-0.05, 0) is 23.7 Å². The van der Waals surface area contributed by atoms with Crippen LogP contribution in [0.1, 0.15) is 20.7 Å². The summed E-state index contributed by atoms with van der Waals surface area (Å²) in [5, 5.41) is 3.26. The number of carbonyl (C=O) groups excluding carboxylic acids is 2. The van der Waals surface area contributed by atoms with Crippen LogP contribution in [-0.4, -0.2) is 11.8 Å². The molecule has 0 unspecified atom stereocenters. The molecular formula is C8H7N5O2. The number of azide groups is 1. The van der Waals surface area contributed by atoms with Gasteiger partial charge in [-0.25, -0.2) is 0 Å². The predicted octanol–water partition coefficient (Wildman–Crippen LogP) is 0.826. The SMILES string of the molecule is [N-]=[N+]=Nc1cc(C(N)=O)cc(C(N)=O)c1. The first-order valence-electron chi connectivity index (χ1n) is 3.84. The smallest absolute Gasteiger partial charge is 0.248 e. The van der Waals surface area contributed by atoms with Crippen molar-refractivity contribution in [2.24, 2.45) is 16.6 Å². The van der Waals surface area contributed by atoms with E-state index in [1.54, 1.807) is 0 Å². The molecule has 15 heavy (non-hydrogen) atoms. The first-order chi connectivity index (χ1) is 7.04. The lowest BCUT2D eigenvalue weighted by atomic mass is 10.1. The van der Waals surface area contributed by atoms with Crippen LogP contribution in [0.3, 0.4) is 0 Å². The van der Waals surface area contributed by atoms with Crippen molar-refractivity contribution in [2.45, 2.75) is 0 Å². The molecule has 7 nitrogen and oxygen atoms in total. The van der Waals surface area contributed by atoms with E-state index in [-0.39, 0.29) is 16.8 Å². The molecule has 0 radical (unpaired) electrons. The Balaban J connectivity index is 3.38. The largest absolute Gasteiger partial charge is 0.366 e. The first-order valence-corrected chi connectivity index (χ1v) is 3.84. The highest BCUT2D eigenvalue weighted by atomic mass is 16.1. The number of hydrogen-bond acceptors (Lipinski definition) is 3. The molecule has 0 saturated heterocycles. The molecule has 7 heteroatoms. The van der Waals surface area contributed by atoms with E-state index >= 15 is 0 Å². The number of rotatable bonds is 3. The molecule has 0 fully saturated rings. The zero-order valence-electron chi connectivity index (χ0n) is 7.54. The standard InChI is InChI=1S/C8H7N5O2/c9-7(14)4-1-5(8(10)15)3-6(2-4)12-13-11/h1-3H,(H2,9,14)(H2,10,15). The molecule has 0 aliphatic heterocycles. The Morgan fingerprint density at radius 1 is 1.13 bits per heavy atom. The van der Waals surface area contributed by atoms with Gasteiger partial charge in [-0.15, -0.1) is 0 Å². The van der Waals surface area contributed by atoms with Crippen molar-refractivity contribution in [1.29, 1.82) is 0 Å². The van der Waals surface area contributed by atoms with Crippen LogP contribution >= 0.6 is 0 Å². The second kappa shape index (κ2) is 4.12. The lowest BCUT2D eigenvalue weighted by Crippen LogP contribution is -2.15. The molecule has 0 heterocycles. The van der Waals surface area contributed by atoms with E-state index in [4.69, 9.17) is 17.0 Å². The highest BCUT2D eigenvalue weighted by Crippen LogP contribution is 2.17. The Morgan fingerprint density at radius 3 is 1.93 bits per heavy atom. The van der Waals surface area contributed by atoms with Crippen molar-refractivity contribution >= 4 is 17.5 Å². The molecule has 0 bridgehead atoms. The average molecular weight is 205 g/mol. The molecule has 1 aromatic rings. The monoisotopic (exact) mass is 205 g/mol. The molecule has 0 aliphatic carbocycles. The van der Waals surface area contributed by atoms with Gasteiger partial charge >= 0.3 is 0 Å². The zero-order valence-corrected chi connectivity index (χ0v) is 7.54. The molecule has 2 amide bonds. The third kappa shape index (κ3) is 2.45. The summed E-state index contributed by atoms with van der Waals surface area (Å²) in [6.45, 7) is 0. The van der Waals surface area contributed by atoms with Gasteiger partial charge in [-0.1, -0.05) is 5.11 Å². The van der Waals surface area contributed by atoms with E-state index in [9.17, 15) is 9.59 Å². The maximum absolute atomic E-state index is 10.9. The van der Waals surface area contributed by atoms with Gasteiger partial charge in [0.1, 0.15) is 0 Å². The molecular weight excluding hydrogens is 198 g/mol. The Bertz CT molecular complexity index is 413. The third-order valence-corrected chi connectivity index (χ3v) is 1.65. The van der Waals surface area contributed by atoms with Crippen LogP contribution in [0.5, 0.6) is 0 Å². The summed E-state index contributed by atoms with van der Waals surface area (Å²) in [6, 6.07) is 3.78. The van der Waals surface area contributed by atoms with Crippen molar-refractivity contribution in [1.82, 2.24) is 0 Å². The highest BCUT2D eigenvalue weighted by molar-refractivity contribution is 5.99. The number of benzene rings is 1. The lowest BCUT2D eigenvalue weighted by Gasteiger charge is -2.01. The summed E-state index contributed by atoms with van der Waals surface area (Å²) in [5.41, 5.74) is 18.5. The van der Waals surface area contributed by atoms with Gasteiger partial charge in [0.25, 0.3) is 0 Å². The minimum Gasteiger partial charge on any atom is -0.366 e. The first kappa shape index (κ1) is 10.6. The minimum absolute atomic E-state index is 0.0636. The quantitative estimate of drug-likeness (QED) is 0.429. The van der Waals surface area contributed by atoms with Crippen LogP contribution in [0.4, 0.5) is 5.69 Å². The van der Waals surface area contributed by atoms with Crippen LogP contribution in [0.15, 0.2) is 23.3 Å². The molecule has 4 N–H and O–H groups in total. The van der Waals surface area contributed by atoms with E-state index < -0.39 is 11.8 Å². The highest BCUT2D eigenvalue weighted by Gasteiger charge is 2.07. The molecule has 0 aliphatic rings. The summed E-state index contributed by atoms with van der Waals surface area (Å²) < 4.78 is 0. The Labute approximate surface area is 84.3 Å². The van der Waals surface area contributed by atoms with Gasteiger partial charge in [-0.2, -0.15) is 0 Å². The molecule has 0 spiro atoms. The van der Waals surface area contributed by atoms with Crippen LogP contribution in [0.25, 0.3) is 10.4 Å². The van der Waals surface area contributed by atoms with Crippen LogP contribution in [0.2, 0.25) is 0 Å². The third-order valence-electron chi connectivity index (χ3n) is 1.65. The molecule has 0 aromatic heterocycles. The van der Waals surface area contributed by atoms with Gasteiger partial charge in [0.2, 0.25) is 11.8 Å². The Hall–Kier alpha value is -2.53. The van der Waals surface area contributed by atoms with Crippen LogP contribution < -0.4 is 11.5 Å². The fourth-order valence-corrected chi connectivity index (χ4v) is 1.01. The topological polar surface area (TPSA) is 135 Å². The molecule has 0 atom stereocenters. The fraction of sp³-hybridized carbons (Fsp3) is 0. The number of hydrogen-bond donors (Lipinski definition) is 2. The van der Waals surface area contributed by atoms with Crippen molar-refractivity contribution in [2.75, 3.05) is 0 Å². The van der Waals surface area contributed by atoms with Gasteiger partial charge in [0.15, 0.2) is 0 Å². The molecule has 1 aromatic carbocycles. The minimum atomic E-state index is -0.729. The van der Waals surface area contributed by atoms with Gasteiger partial charge in [0, 0.05) is 21.7 Å². The Kier molecular flexibility index (Phi) is 2.90. The van der Waals surface area contributed by atoms with E-state index in [0.29, 0.717) is 0 Å². The fourth-order valence-electron chi connectivity index (χ4n) is 1.01. The normalized spacial score (nSPS) is 9.07. The van der Waals surface area contributed by atoms with E-state index in [1.807, 2.05) is 0 Å². The summed E-state index contributed by atoms with van der Waals surface area (Å²) in [7, 11) is 0. The second-order valence-electron chi connectivity index (χ2n) is 2.69. The van der Waals surface area contributed by atoms with E-state index in [2.05, 4.69) is 10.0 Å². The van der Waals surface area contributed by atoms with E-state index in [1.165, 1.54) is 18.2 Å². The van der Waals surface area contributed by atoms with Crippen molar-refractivity contribution in [3.8, 4) is 0 Å². The average Bonchev–Trinajstić information content (AvgIpc) is 2.17. The van der Waals surface area contributed by atoms with Crippen LogP contribution in [0, 0.1) is 0 Å². The van der Waals surface area contributed by atoms with E-state index in [0.717, 1.165) is 0 Å². The maximum atomic E-state index is 10.9. The van der Waals surface area contributed by atoms with Crippen molar-refractivity contribution < 1.29 is 9.59 Å². The number of nitrogens with zero attached hydrogens (tertiary/aromatic N) is 3. The van der Waals surface area contributed by atoms with Crippen molar-refractivity contribution in [3.63, 3.8) is 0 Å². The number of primary amides is 2. The number of nitrogens with two attached hydrogens (primary N) is 2. The molecule has 76 valence electrons. The number of carbonyl (C=O) groups is 2. The molecule has 0 saturated carbocycles. The lowest BCUT2D eigenvalue weighted by molar-refractivity contribution is 0.0999. The predicted molar refractivity (Wildman–Crippen MR) is 52.3 cm³/mol. The summed E-state index contributed by atoms with van der Waals surface area (Å²) in [6.07, 6.45) is 0. The maximum Gasteiger partial charge on any atom is 0.248 e. The summed E-state index contributed by atoms with van der Waals surface area (Å²) >= 11 is 0. The van der Waals surface area contributed by atoms with Crippen molar-refractivity contribution in [3.05, 3.63) is 39.8 Å². The van der Waals surface area contributed by atoms with Gasteiger partial charge in [0.05, 0.1) is 0 Å².